The van der Waals surface area contributed by atoms with Crippen LogP contribution in [0.1, 0.15) is 24.5 Å². The van der Waals surface area contributed by atoms with Gasteiger partial charge in [-0.3, -0.25) is 14.4 Å². The Morgan fingerprint density at radius 2 is 1.79 bits per heavy atom. The third-order valence-electron chi connectivity index (χ3n) is 5.10. The fourth-order valence-corrected chi connectivity index (χ4v) is 5.29. The van der Waals surface area contributed by atoms with Gasteiger partial charge in [0.15, 0.2) is 11.6 Å². The molecule has 0 aliphatic rings. The largest absolute Gasteiger partial charge is 0.453 e. The van der Waals surface area contributed by atoms with Gasteiger partial charge in [0.2, 0.25) is 5.91 Å². The molecule has 0 aromatic heterocycles. The minimum atomic E-state index is -4.36. The summed E-state index contributed by atoms with van der Waals surface area (Å²) in [6.07, 6.45) is -0.583. The van der Waals surface area contributed by atoms with Crippen LogP contribution in [0, 0.1) is 17.1 Å². The van der Waals surface area contributed by atoms with Gasteiger partial charge in [0.05, 0.1) is 45.8 Å². The fourth-order valence-electron chi connectivity index (χ4n) is 3.29. The number of halogens is 4. The van der Waals surface area contributed by atoms with Crippen LogP contribution in [0.4, 0.5) is 10.1 Å². The van der Waals surface area contributed by atoms with Crippen molar-refractivity contribution in [1.29, 1.82) is 5.26 Å². The van der Waals surface area contributed by atoms with E-state index in [-0.39, 0.29) is 59.2 Å². The standard InChI is InChI=1S/C25H19Cl3FN3O6S/c1-3-23(34)32(37-2)39(35,36)18-5-7-21(20(28)12-18)31-22(33)10-15-4-6-19(27)25(24(15)29)38-17-9-14(13-30)8-16(26)11-17/h4-9,11-12H,3,10H2,1-2H3,(H,31,33). The monoisotopic (exact) mass is 613 g/mol. The predicted molar refractivity (Wildman–Crippen MR) is 143 cm³/mol. The summed E-state index contributed by atoms with van der Waals surface area (Å²) in [4.78, 5) is 29.0. The zero-order valence-electron chi connectivity index (χ0n) is 20.3. The van der Waals surface area contributed by atoms with Gasteiger partial charge in [0.1, 0.15) is 5.75 Å². The van der Waals surface area contributed by atoms with Gasteiger partial charge in [-0.15, -0.1) is 4.47 Å². The Balaban J connectivity index is 1.80. The van der Waals surface area contributed by atoms with E-state index in [1.165, 1.54) is 43.3 Å². The summed E-state index contributed by atoms with van der Waals surface area (Å²) in [5.41, 5.74) is 0.158. The molecule has 1 N–H and O–H groups in total. The van der Waals surface area contributed by atoms with E-state index in [0.29, 0.717) is 0 Å². The first-order valence-corrected chi connectivity index (χ1v) is 13.6. The van der Waals surface area contributed by atoms with Crippen LogP contribution in [0.3, 0.4) is 0 Å². The molecule has 9 nitrogen and oxygen atoms in total. The van der Waals surface area contributed by atoms with E-state index in [1.54, 1.807) is 0 Å². The quantitative estimate of drug-likeness (QED) is 0.288. The molecule has 0 fully saturated rings. The topological polar surface area (TPSA) is 126 Å². The number of hydrogen-bond acceptors (Lipinski definition) is 7. The molecule has 0 heterocycles. The lowest BCUT2D eigenvalue weighted by Crippen LogP contribution is -2.35. The van der Waals surface area contributed by atoms with E-state index in [2.05, 4.69) is 5.32 Å². The maximum Gasteiger partial charge on any atom is 0.289 e. The van der Waals surface area contributed by atoms with E-state index in [9.17, 15) is 18.0 Å². The molecule has 0 aliphatic carbocycles. The Morgan fingerprint density at radius 3 is 2.41 bits per heavy atom. The number of rotatable bonds is 9. The van der Waals surface area contributed by atoms with E-state index in [1.807, 2.05) is 6.07 Å². The van der Waals surface area contributed by atoms with Gasteiger partial charge in [-0.2, -0.15) is 13.7 Å². The Labute approximate surface area is 238 Å². The molecule has 0 spiro atoms. The predicted octanol–water partition coefficient (Wildman–Crippen LogP) is 6.12. The van der Waals surface area contributed by atoms with Crippen LogP contribution in [0.2, 0.25) is 15.1 Å². The number of amides is 2. The van der Waals surface area contributed by atoms with Gasteiger partial charge in [-0.25, -0.2) is 4.39 Å². The second kappa shape index (κ2) is 12.6. The minimum absolute atomic E-state index is 0.0419. The summed E-state index contributed by atoms with van der Waals surface area (Å²) in [6, 6.07) is 12.0. The average Bonchev–Trinajstić information content (AvgIpc) is 2.89. The summed E-state index contributed by atoms with van der Waals surface area (Å²) in [6.45, 7) is 1.47. The molecule has 2 amide bonds. The van der Waals surface area contributed by atoms with Gasteiger partial charge in [-0.1, -0.05) is 47.8 Å². The molecular weight excluding hydrogens is 596 g/mol. The molecule has 0 saturated carbocycles. The number of carbonyl (C=O) groups is 2. The number of carbonyl (C=O) groups excluding carboxylic acids is 2. The third kappa shape index (κ3) is 6.98. The van der Waals surface area contributed by atoms with Crippen molar-refractivity contribution in [3.63, 3.8) is 0 Å². The Hall–Kier alpha value is -3.40. The smallest absolute Gasteiger partial charge is 0.289 e. The molecule has 14 heteroatoms. The number of benzene rings is 3. The number of ether oxygens (including phenoxy) is 1. The van der Waals surface area contributed by atoms with E-state index < -0.39 is 34.1 Å². The van der Waals surface area contributed by atoms with Crippen LogP contribution < -0.4 is 10.1 Å². The minimum Gasteiger partial charge on any atom is -0.453 e. The number of hydrogen-bond donors (Lipinski definition) is 1. The molecule has 0 radical (unpaired) electrons. The van der Waals surface area contributed by atoms with E-state index in [4.69, 9.17) is 49.6 Å². The lowest BCUT2D eigenvalue weighted by molar-refractivity contribution is -0.151. The molecule has 0 atom stereocenters. The van der Waals surface area contributed by atoms with Crippen molar-refractivity contribution in [2.45, 2.75) is 24.7 Å². The van der Waals surface area contributed by atoms with Gasteiger partial charge in [0.25, 0.3) is 15.9 Å². The van der Waals surface area contributed by atoms with Crippen LogP contribution in [-0.4, -0.2) is 31.8 Å². The molecule has 0 saturated heterocycles. The highest BCUT2D eigenvalue weighted by Crippen LogP contribution is 2.35. The molecule has 0 bridgehead atoms. The molecule has 3 rings (SSSR count). The van der Waals surface area contributed by atoms with E-state index in [0.717, 1.165) is 19.2 Å². The molecular formula is C25H19Cl3FN3O6S. The molecule has 3 aromatic rings. The highest BCUT2D eigenvalue weighted by atomic mass is 35.5. The first-order chi connectivity index (χ1) is 18.4. The summed E-state index contributed by atoms with van der Waals surface area (Å²) in [5, 5.41) is 11.5. The maximum absolute atomic E-state index is 15.2. The van der Waals surface area contributed by atoms with Crippen LogP contribution in [0.5, 0.6) is 11.5 Å². The second-order valence-electron chi connectivity index (χ2n) is 7.77. The second-order valence-corrected chi connectivity index (χ2v) is 10.8. The summed E-state index contributed by atoms with van der Waals surface area (Å²) in [5.74, 6) is -2.70. The average molecular weight is 615 g/mol. The van der Waals surface area contributed by atoms with Crippen molar-refractivity contribution in [3.8, 4) is 17.6 Å². The molecule has 0 unspecified atom stereocenters. The molecule has 3 aromatic carbocycles. The Morgan fingerprint density at radius 1 is 1.08 bits per heavy atom. The maximum atomic E-state index is 15.2. The SMILES string of the molecule is CCC(=O)N(OC)S(=O)(=O)c1ccc(NC(=O)Cc2ccc(Cl)c(Oc3cc(Cl)cc(C#N)c3)c2F)c(Cl)c1. The van der Waals surface area contributed by atoms with Gasteiger partial charge in [-0.05, 0) is 42.5 Å². The fraction of sp³-hybridized carbons (Fsp3) is 0.160. The number of nitriles is 1. The highest BCUT2D eigenvalue weighted by molar-refractivity contribution is 7.89. The summed E-state index contributed by atoms with van der Waals surface area (Å²) in [7, 11) is -3.33. The van der Waals surface area contributed by atoms with Crippen LogP contribution in [-0.2, 0) is 30.9 Å². The van der Waals surface area contributed by atoms with Crippen molar-refractivity contribution < 1.29 is 32.0 Å². The van der Waals surface area contributed by atoms with Gasteiger partial charge >= 0.3 is 0 Å². The van der Waals surface area contributed by atoms with Crippen LogP contribution in [0.25, 0.3) is 0 Å². The highest BCUT2D eigenvalue weighted by Gasteiger charge is 2.29. The molecule has 39 heavy (non-hydrogen) atoms. The Kier molecular flexibility index (Phi) is 9.77. The van der Waals surface area contributed by atoms with Gasteiger partial charge < -0.3 is 10.1 Å². The van der Waals surface area contributed by atoms with Crippen molar-refractivity contribution in [1.82, 2.24) is 4.47 Å². The zero-order chi connectivity index (χ0) is 28.9. The zero-order valence-corrected chi connectivity index (χ0v) is 23.4. The van der Waals surface area contributed by atoms with Crippen molar-refractivity contribution in [3.05, 3.63) is 80.5 Å². The van der Waals surface area contributed by atoms with Crippen molar-refractivity contribution in [2.75, 3.05) is 12.4 Å². The van der Waals surface area contributed by atoms with Gasteiger partial charge in [0, 0.05) is 17.0 Å². The first kappa shape index (κ1) is 30.1. The third-order valence-corrected chi connectivity index (χ3v) is 7.57. The van der Waals surface area contributed by atoms with Crippen molar-refractivity contribution in [2.24, 2.45) is 0 Å². The number of anilines is 1. The lowest BCUT2D eigenvalue weighted by atomic mass is 10.1. The van der Waals surface area contributed by atoms with Crippen molar-refractivity contribution >= 4 is 62.3 Å². The van der Waals surface area contributed by atoms with Crippen LogP contribution in [0.15, 0.2) is 53.4 Å². The summed E-state index contributed by atoms with van der Waals surface area (Å²) >= 11 is 18.2. The summed E-state index contributed by atoms with van der Waals surface area (Å²) < 4.78 is 46.5. The van der Waals surface area contributed by atoms with Crippen LogP contribution >= 0.6 is 34.8 Å². The number of hydroxylamine groups is 1. The number of nitrogens with one attached hydrogen (secondary N) is 1. The molecule has 204 valence electrons. The normalized spacial score (nSPS) is 11.0. The Bertz CT molecular complexity index is 1590. The molecule has 0 aliphatic heterocycles. The first-order valence-electron chi connectivity index (χ1n) is 11.0. The van der Waals surface area contributed by atoms with E-state index >= 15 is 4.39 Å². The number of nitrogens with zero attached hydrogens (tertiary/aromatic N) is 2. The number of sulfonamides is 1. The lowest BCUT2D eigenvalue weighted by Gasteiger charge is -2.19.